The molecular formula is C24H27N5O4. The van der Waals surface area contributed by atoms with E-state index in [1.807, 2.05) is 17.0 Å². The summed E-state index contributed by atoms with van der Waals surface area (Å²) in [6, 6.07) is 9.93. The highest BCUT2D eigenvalue weighted by molar-refractivity contribution is 5.95. The number of aromatic amines is 1. The molecule has 6 rings (SSSR count). The van der Waals surface area contributed by atoms with E-state index in [1.54, 1.807) is 6.07 Å². The van der Waals surface area contributed by atoms with E-state index >= 15 is 0 Å². The van der Waals surface area contributed by atoms with Crippen molar-refractivity contribution in [2.45, 2.75) is 31.2 Å². The van der Waals surface area contributed by atoms with Crippen LogP contribution < -0.4 is 14.8 Å². The number of anilines is 1. The quantitative estimate of drug-likeness (QED) is 0.631. The zero-order valence-corrected chi connectivity index (χ0v) is 18.4. The molecule has 172 valence electrons. The van der Waals surface area contributed by atoms with Gasteiger partial charge in [-0.05, 0) is 49.6 Å². The molecule has 0 radical (unpaired) electrons. The lowest BCUT2D eigenvalue weighted by atomic mass is 10.0. The minimum absolute atomic E-state index is 0.0139. The van der Waals surface area contributed by atoms with Crippen LogP contribution in [0.25, 0.3) is 11.0 Å². The average molecular weight is 450 g/mol. The minimum Gasteiger partial charge on any atom is -0.486 e. The molecule has 1 aromatic carbocycles. The number of pyridine rings is 1. The van der Waals surface area contributed by atoms with Gasteiger partial charge in [0.25, 0.3) is 5.91 Å². The van der Waals surface area contributed by atoms with Crippen LogP contribution in [-0.4, -0.2) is 71.5 Å². The second-order valence-electron chi connectivity index (χ2n) is 8.83. The third-order valence-corrected chi connectivity index (χ3v) is 6.69. The lowest BCUT2D eigenvalue weighted by Crippen LogP contribution is -2.28. The third kappa shape index (κ3) is 3.97. The summed E-state index contributed by atoms with van der Waals surface area (Å²) in [6.07, 6.45) is 2.85. The minimum atomic E-state index is 0.0139. The Hall–Kier alpha value is -3.33. The van der Waals surface area contributed by atoms with E-state index in [4.69, 9.17) is 19.2 Å². The van der Waals surface area contributed by atoms with Crippen molar-refractivity contribution in [2.24, 2.45) is 0 Å². The fourth-order valence-corrected chi connectivity index (χ4v) is 4.84. The van der Waals surface area contributed by atoms with Gasteiger partial charge in [0.05, 0.1) is 5.39 Å². The van der Waals surface area contributed by atoms with Gasteiger partial charge in [0.1, 0.15) is 13.2 Å². The summed E-state index contributed by atoms with van der Waals surface area (Å²) in [5.41, 5.74) is 2.39. The monoisotopic (exact) mass is 449 g/mol. The van der Waals surface area contributed by atoms with Gasteiger partial charge in [-0.15, -0.1) is 0 Å². The summed E-state index contributed by atoms with van der Waals surface area (Å²) in [5, 5.41) is 12.0. The van der Waals surface area contributed by atoms with Gasteiger partial charge in [-0.25, -0.2) is 4.98 Å². The van der Waals surface area contributed by atoms with Crippen molar-refractivity contribution in [2.75, 3.05) is 44.8 Å². The van der Waals surface area contributed by atoms with Crippen LogP contribution in [0.15, 0.2) is 30.3 Å². The van der Waals surface area contributed by atoms with Gasteiger partial charge < -0.3 is 24.4 Å². The summed E-state index contributed by atoms with van der Waals surface area (Å²) in [5.74, 6) is 2.39. The van der Waals surface area contributed by atoms with Crippen LogP contribution in [0, 0.1) is 0 Å². The molecule has 2 saturated heterocycles. The summed E-state index contributed by atoms with van der Waals surface area (Å²) in [7, 11) is 0. The molecule has 0 bridgehead atoms. The van der Waals surface area contributed by atoms with Gasteiger partial charge in [0.15, 0.2) is 23.0 Å². The number of aromatic nitrogens is 3. The van der Waals surface area contributed by atoms with E-state index in [2.05, 4.69) is 27.6 Å². The van der Waals surface area contributed by atoms with Crippen molar-refractivity contribution in [1.82, 2.24) is 20.1 Å². The lowest BCUT2D eigenvalue weighted by molar-refractivity contribution is 0.0789. The number of likely N-dealkylation sites (tertiary alicyclic amines) is 1. The Morgan fingerprint density at radius 3 is 2.76 bits per heavy atom. The molecule has 0 unspecified atom stereocenters. The van der Waals surface area contributed by atoms with Gasteiger partial charge in [-0.1, -0.05) is 0 Å². The molecule has 3 aliphatic heterocycles. The molecule has 5 heterocycles. The normalized spacial score (nSPS) is 20.8. The highest BCUT2D eigenvalue weighted by atomic mass is 16.6. The third-order valence-electron chi connectivity index (χ3n) is 6.69. The first-order valence-corrected chi connectivity index (χ1v) is 11.6. The molecule has 0 saturated carbocycles. The average Bonchev–Trinajstić information content (AvgIpc) is 3.51. The number of H-pyrrole nitrogens is 1. The largest absolute Gasteiger partial charge is 0.486 e. The topological polar surface area (TPSA) is 102 Å². The predicted molar refractivity (Wildman–Crippen MR) is 122 cm³/mol. The number of fused-ring (bicyclic) bond motifs is 2. The second-order valence-corrected chi connectivity index (χ2v) is 8.83. The Morgan fingerprint density at radius 2 is 1.88 bits per heavy atom. The van der Waals surface area contributed by atoms with Crippen molar-refractivity contribution in [3.8, 4) is 11.5 Å². The molecule has 0 spiro atoms. The van der Waals surface area contributed by atoms with Crippen LogP contribution >= 0.6 is 0 Å². The standard InChI is InChI=1S/C24H27N5O4/c30-24(15-1-4-20-21(13-15)33-12-11-32-20)29-8-5-16(14-29)19-3-2-18-22(27-28-23(18)26-19)25-17-6-9-31-10-7-17/h1-4,13,16-17H,5-12,14H2,(H2,25,26,27,28)/t16-/m0/s1. The van der Waals surface area contributed by atoms with Crippen molar-refractivity contribution in [1.29, 1.82) is 0 Å². The number of rotatable bonds is 4. The zero-order chi connectivity index (χ0) is 22.2. The number of benzene rings is 1. The summed E-state index contributed by atoms with van der Waals surface area (Å²) >= 11 is 0. The fraction of sp³-hybridized carbons (Fsp3) is 0.458. The van der Waals surface area contributed by atoms with E-state index in [1.165, 1.54) is 0 Å². The highest BCUT2D eigenvalue weighted by Crippen LogP contribution is 2.33. The number of hydrogen-bond acceptors (Lipinski definition) is 7. The molecule has 3 aliphatic rings. The molecule has 0 aliphatic carbocycles. The molecule has 2 aromatic heterocycles. The Balaban J connectivity index is 1.15. The van der Waals surface area contributed by atoms with Crippen molar-refractivity contribution in [3.63, 3.8) is 0 Å². The second kappa shape index (κ2) is 8.55. The van der Waals surface area contributed by atoms with Crippen LogP contribution in [0.4, 0.5) is 5.82 Å². The van der Waals surface area contributed by atoms with E-state index in [0.29, 0.717) is 49.4 Å². The first-order chi connectivity index (χ1) is 16.2. The Kier molecular flexibility index (Phi) is 5.26. The van der Waals surface area contributed by atoms with E-state index in [9.17, 15) is 4.79 Å². The van der Waals surface area contributed by atoms with E-state index in [-0.39, 0.29) is 11.8 Å². The van der Waals surface area contributed by atoms with Crippen LogP contribution in [0.1, 0.15) is 41.2 Å². The maximum absolute atomic E-state index is 13.1. The van der Waals surface area contributed by atoms with Crippen molar-refractivity contribution < 1.29 is 19.0 Å². The van der Waals surface area contributed by atoms with E-state index in [0.717, 1.165) is 55.0 Å². The van der Waals surface area contributed by atoms with Gasteiger partial charge in [0, 0.05) is 49.5 Å². The van der Waals surface area contributed by atoms with Crippen LogP contribution in [0.2, 0.25) is 0 Å². The van der Waals surface area contributed by atoms with Gasteiger partial charge in [-0.2, -0.15) is 5.10 Å². The molecule has 2 fully saturated rings. The first-order valence-electron chi connectivity index (χ1n) is 11.6. The van der Waals surface area contributed by atoms with Crippen molar-refractivity contribution in [3.05, 3.63) is 41.6 Å². The molecule has 1 amide bonds. The summed E-state index contributed by atoms with van der Waals surface area (Å²) in [4.78, 5) is 19.8. The first kappa shape index (κ1) is 20.3. The molecule has 1 atom stereocenters. The Morgan fingerprint density at radius 1 is 1.03 bits per heavy atom. The number of amides is 1. The lowest BCUT2D eigenvalue weighted by Gasteiger charge is -2.23. The van der Waals surface area contributed by atoms with E-state index < -0.39 is 0 Å². The summed E-state index contributed by atoms with van der Waals surface area (Å²) < 4.78 is 16.6. The zero-order valence-electron chi connectivity index (χ0n) is 18.4. The Bertz CT molecular complexity index is 1170. The molecule has 3 aromatic rings. The number of ether oxygens (including phenoxy) is 3. The number of hydrogen-bond donors (Lipinski definition) is 2. The summed E-state index contributed by atoms with van der Waals surface area (Å²) in [6.45, 7) is 3.96. The fourth-order valence-electron chi connectivity index (χ4n) is 4.84. The number of carbonyl (C=O) groups excluding carboxylic acids is 1. The molecule has 9 heteroatoms. The SMILES string of the molecule is O=C(c1ccc2c(c1)OCCO2)N1CC[C@H](c2ccc3c(NC4CCOCC4)n[nH]c3n2)C1. The number of nitrogens with zero attached hydrogens (tertiary/aromatic N) is 3. The molecule has 2 N–H and O–H groups in total. The predicted octanol–water partition coefficient (Wildman–Crippen LogP) is 2.95. The number of carbonyl (C=O) groups is 1. The maximum atomic E-state index is 13.1. The van der Waals surface area contributed by atoms with Gasteiger partial charge in [0.2, 0.25) is 0 Å². The maximum Gasteiger partial charge on any atom is 0.254 e. The smallest absolute Gasteiger partial charge is 0.254 e. The number of nitrogens with one attached hydrogen (secondary N) is 2. The Labute approximate surface area is 191 Å². The highest BCUT2D eigenvalue weighted by Gasteiger charge is 2.30. The van der Waals surface area contributed by atoms with Crippen LogP contribution in [0.3, 0.4) is 0 Å². The molecular weight excluding hydrogens is 422 g/mol. The van der Waals surface area contributed by atoms with Gasteiger partial charge >= 0.3 is 0 Å². The molecule has 9 nitrogen and oxygen atoms in total. The van der Waals surface area contributed by atoms with Crippen molar-refractivity contribution >= 4 is 22.8 Å². The van der Waals surface area contributed by atoms with Crippen LogP contribution in [-0.2, 0) is 4.74 Å². The van der Waals surface area contributed by atoms with Gasteiger partial charge in [-0.3, -0.25) is 9.89 Å². The van der Waals surface area contributed by atoms with Crippen LogP contribution in [0.5, 0.6) is 11.5 Å². The molecule has 33 heavy (non-hydrogen) atoms.